The quantitative estimate of drug-likeness (QED) is 0.496. The Labute approximate surface area is 133 Å². The Balaban J connectivity index is 0.00000128. The van der Waals surface area contributed by atoms with E-state index in [1.54, 1.807) is 0 Å². The van der Waals surface area contributed by atoms with Gasteiger partial charge in [-0.1, -0.05) is 30.3 Å². The molecule has 0 aliphatic heterocycles. The van der Waals surface area contributed by atoms with E-state index in [1.165, 1.54) is 24.3 Å². The molecule has 0 bridgehead atoms. The molecule has 0 atom stereocenters. The molecule has 0 saturated heterocycles. The molecule has 0 fully saturated rings. The van der Waals surface area contributed by atoms with Gasteiger partial charge in [-0.25, -0.2) is 4.39 Å². The maximum absolute atomic E-state index is 13.2. The first-order valence-electron chi connectivity index (χ1n) is 4.37. The van der Waals surface area contributed by atoms with Gasteiger partial charge in [-0.3, -0.25) is 0 Å². The average Bonchev–Trinajstić information content (AvgIpc) is 2.17. The van der Waals surface area contributed by atoms with Gasteiger partial charge in [-0.05, 0) is 11.5 Å². The largest absolute Gasteiger partial charge is 1.00 e. The van der Waals surface area contributed by atoms with Gasteiger partial charge in [0.05, 0.1) is 0 Å². The fraction of sp³-hybridized carbons (Fsp3) is 0. The van der Waals surface area contributed by atoms with Crippen molar-refractivity contribution in [1.82, 2.24) is 0 Å². The average molecular weight is 252 g/mol. The van der Waals surface area contributed by atoms with E-state index >= 15 is 0 Å². The van der Waals surface area contributed by atoms with E-state index in [4.69, 9.17) is 0 Å². The summed E-state index contributed by atoms with van der Waals surface area (Å²) in [5, 5.41) is -0.0702. The second kappa shape index (κ2) is 5.18. The molecule has 6 heteroatoms. The summed E-state index contributed by atoms with van der Waals surface area (Å²) in [5.74, 6) is -0.630. The van der Waals surface area contributed by atoms with Crippen molar-refractivity contribution in [3.05, 3.63) is 42.2 Å². The zero-order valence-corrected chi connectivity index (χ0v) is 11.7. The maximum atomic E-state index is 13.2. The second-order valence-electron chi connectivity index (χ2n) is 3.26. The Morgan fingerprint density at radius 3 is 1.94 bits per heavy atom. The van der Waals surface area contributed by atoms with Crippen LogP contribution in [0.4, 0.5) is 17.3 Å². The minimum Gasteiger partial charge on any atom is -0.445 e. The van der Waals surface area contributed by atoms with Gasteiger partial charge in [-0.15, -0.1) is 5.46 Å². The van der Waals surface area contributed by atoms with Crippen LogP contribution in [-0.4, -0.2) is 6.98 Å². The Morgan fingerprint density at radius 1 is 0.812 bits per heavy atom. The van der Waals surface area contributed by atoms with E-state index in [0.717, 1.165) is 12.1 Å². The number of fused-ring (bicyclic) bond motifs is 1. The van der Waals surface area contributed by atoms with E-state index in [1.807, 2.05) is 0 Å². The molecule has 0 N–H and O–H groups in total. The first-order valence-corrected chi connectivity index (χ1v) is 4.37. The van der Waals surface area contributed by atoms with Crippen LogP contribution in [0.2, 0.25) is 0 Å². The summed E-state index contributed by atoms with van der Waals surface area (Å²) in [5.41, 5.74) is -0.744. The fourth-order valence-electron chi connectivity index (χ4n) is 1.57. The molecule has 0 aromatic heterocycles. The number of benzene rings is 2. The van der Waals surface area contributed by atoms with Crippen molar-refractivity contribution in [2.24, 2.45) is 0 Å². The van der Waals surface area contributed by atoms with Crippen molar-refractivity contribution in [2.45, 2.75) is 0 Å². The molecule has 0 nitrogen and oxygen atoms in total. The minimum absolute atomic E-state index is 0. The first kappa shape index (κ1) is 14.2. The summed E-state index contributed by atoms with van der Waals surface area (Å²) < 4.78 is 51.0. The molecule has 0 amide bonds. The number of halogens is 4. The smallest absolute Gasteiger partial charge is 0.445 e. The van der Waals surface area contributed by atoms with Crippen LogP contribution in [0.25, 0.3) is 10.8 Å². The Morgan fingerprint density at radius 2 is 1.38 bits per heavy atom. The number of hydrogen-bond donors (Lipinski definition) is 0. The van der Waals surface area contributed by atoms with Crippen LogP contribution in [0, 0.1) is 5.82 Å². The zero-order valence-electron chi connectivity index (χ0n) is 8.55. The van der Waals surface area contributed by atoms with Crippen LogP contribution < -0.4 is 56.8 Å². The van der Waals surface area contributed by atoms with Gasteiger partial charge in [0.15, 0.2) is 0 Å². The summed E-state index contributed by atoms with van der Waals surface area (Å²) in [6, 6.07) is 7.25. The molecule has 0 radical (unpaired) electrons. The van der Waals surface area contributed by atoms with Crippen molar-refractivity contribution in [3.8, 4) is 0 Å². The summed E-state index contributed by atoms with van der Waals surface area (Å²) in [6.45, 7) is -5.10. The van der Waals surface area contributed by atoms with Crippen LogP contribution in [-0.2, 0) is 0 Å². The van der Waals surface area contributed by atoms with Crippen molar-refractivity contribution < 1.29 is 68.7 Å². The zero-order chi connectivity index (χ0) is 11.1. The van der Waals surface area contributed by atoms with E-state index in [-0.39, 0.29) is 62.2 Å². The molecule has 0 unspecified atom stereocenters. The third kappa shape index (κ3) is 2.68. The van der Waals surface area contributed by atoms with Gasteiger partial charge in [0.2, 0.25) is 0 Å². The fourth-order valence-corrected chi connectivity index (χ4v) is 1.57. The van der Waals surface area contributed by atoms with Crippen molar-refractivity contribution in [3.63, 3.8) is 0 Å². The summed E-state index contributed by atoms with van der Waals surface area (Å²) in [7, 11) is 0. The van der Waals surface area contributed by atoms with Crippen molar-refractivity contribution in [1.29, 1.82) is 0 Å². The molecule has 0 aliphatic carbocycles. The third-order valence-corrected chi connectivity index (χ3v) is 2.26. The van der Waals surface area contributed by atoms with E-state index in [9.17, 15) is 17.3 Å². The van der Waals surface area contributed by atoms with Gasteiger partial charge in [0, 0.05) is 5.39 Å². The van der Waals surface area contributed by atoms with Crippen molar-refractivity contribution in [2.75, 3.05) is 0 Å². The summed E-state index contributed by atoms with van der Waals surface area (Å²) in [6.07, 6.45) is 0. The molecule has 2 aromatic rings. The molecule has 2 rings (SSSR count). The molecular formula is C10H6BF4K. The number of rotatable bonds is 1. The Kier molecular flexibility index (Phi) is 4.59. The molecule has 0 heterocycles. The SMILES string of the molecule is Fc1ccc([B-](F)(F)F)c2ccccc12.[K+]. The molecule has 0 saturated carbocycles. The minimum atomic E-state index is -5.10. The molecule has 16 heavy (non-hydrogen) atoms. The third-order valence-electron chi connectivity index (χ3n) is 2.26. The topological polar surface area (TPSA) is 0 Å². The summed E-state index contributed by atoms with van der Waals surface area (Å²) >= 11 is 0. The predicted octanol–water partition coefficient (Wildman–Crippen LogP) is 0.0373. The maximum Gasteiger partial charge on any atom is 1.00 e. The monoisotopic (exact) mass is 252 g/mol. The Bertz CT molecular complexity index is 510. The van der Waals surface area contributed by atoms with Gasteiger partial charge in [0.1, 0.15) is 5.82 Å². The Hall–Kier alpha value is 0.121. The second-order valence-corrected chi connectivity index (χ2v) is 3.26. The summed E-state index contributed by atoms with van der Waals surface area (Å²) in [4.78, 5) is 0. The van der Waals surface area contributed by atoms with Crippen LogP contribution in [0.5, 0.6) is 0 Å². The van der Waals surface area contributed by atoms with Gasteiger partial charge in [0.25, 0.3) is 0 Å². The normalized spacial score (nSPS) is 11.2. The van der Waals surface area contributed by atoms with E-state index in [2.05, 4.69) is 0 Å². The van der Waals surface area contributed by atoms with Crippen LogP contribution >= 0.6 is 0 Å². The van der Waals surface area contributed by atoms with Gasteiger partial charge in [-0.2, -0.15) is 0 Å². The van der Waals surface area contributed by atoms with Crippen LogP contribution in [0.15, 0.2) is 36.4 Å². The molecule has 78 valence electrons. The van der Waals surface area contributed by atoms with Gasteiger partial charge >= 0.3 is 58.4 Å². The first-order chi connectivity index (χ1) is 7.00. The number of hydrogen-bond acceptors (Lipinski definition) is 0. The predicted molar refractivity (Wildman–Crippen MR) is 52.6 cm³/mol. The molecule has 0 spiro atoms. The van der Waals surface area contributed by atoms with Gasteiger partial charge < -0.3 is 12.9 Å². The molecular weight excluding hydrogens is 246 g/mol. The van der Waals surface area contributed by atoms with E-state index in [0.29, 0.717) is 0 Å². The molecule has 2 aromatic carbocycles. The standard InChI is InChI=1S/C10H6BF4.K/c12-10-6-5-9(11(13,14)15)7-3-1-2-4-8(7)10;/h1-6H;/q-1;+1. The van der Waals surface area contributed by atoms with Crippen LogP contribution in [0.1, 0.15) is 0 Å². The van der Waals surface area contributed by atoms with Crippen LogP contribution in [0.3, 0.4) is 0 Å². The van der Waals surface area contributed by atoms with Crippen molar-refractivity contribution >= 4 is 23.2 Å². The van der Waals surface area contributed by atoms with E-state index < -0.39 is 18.3 Å². The molecule has 0 aliphatic rings.